The summed E-state index contributed by atoms with van der Waals surface area (Å²) >= 11 is 6.09. The van der Waals surface area contributed by atoms with E-state index in [0.717, 1.165) is 12.8 Å². The third-order valence-electron chi connectivity index (χ3n) is 4.78. The molecule has 0 spiro atoms. The summed E-state index contributed by atoms with van der Waals surface area (Å²) < 4.78 is 33.3. The smallest absolute Gasteiger partial charge is 0.323 e. The minimum absolute atomic E-state index is 0.0118. The Kier molecular flexibility index (Phi) is 5.65. The molecular formula is C19H19ClN4O5S. The Hall–Kier alpha value is -2.66. The summed E-state index contributed by atoms with van der Waals surface area (Å²) in [7, 11) is -3.92. The number of carbonyl (C=O) groups excluding carboxylic acids is 1. The summed E-state index contributed by atoms with van der Waals surface area (Å²) in [5, 5.41) is 2.69. The van der Waals surface area contributed by atoms with Gasteiger partial charge in [-0.2, -0.15) is 0 Å². The van der Waals surface area contributed by atoms with E-state index in [4.69, 9.17) is 16.3 Å². The third kappa shape index (κ3) is 4.41. The van der Waals surface area contributed by atoms with Gasteiger partial charge >= 0.3 is 5.69 Å². The number of carbonyl (C=O) groups is 1. The second-order valence-corrected chi connectivity index (χ2v) is 9.07. The van der Waals surface area contributed by atoms with Crippen LogP contribution in [-0.4, -0.2) is 43.5 Å². The van der Waals surface area contributed by atoms with Crippen molar-refractivity contribution in [3.8, 4) is 0 Å². The minimum atomic E-state index is -3.92. The van der Waals surface area contributed by atoms with Gasteiger partial charge in [-0.3, -0.25) is 4.79 Å². The van der Waals surface area contributed by atoms with Gasteiger partial charge in [-0.25, -0.2) is 17.9 Å². The van der Waals surface area contributed by atoms with Crippen LogP contribution in [0, 0.1) is 0 Å². The molecule has 9 nitrogen and oxygen atoms in total. The van der Waals surface area contributed by atoms with E-state index in [1.807, 2.05) is 0 Å². The molecule has 1 aromatic heterocycles. The fourth-order valence-corrected chi connectivity index (χ4v) is 4.84. The molecule has 1 saturated heterocycles. The molecule has 2 aromatic carbocycles. The Labute approximate surface area is 176 Å². The normalized spacial score (nSPS) is 16.8. The summed E-state index contributed by atoms with van der Waals surface area (Å²) in [6.45, 7) is 0.759. The van der Waals surface area contributed by atoms with Gasteiger partial charge in [0.2, 0.25) is 10.0 Å². The second kappa shape index (κ2) is 8.23. The van der Waals surface area contributed by atoms with Crippen molar-refractivity contribution in [1.82, 2.24) is 14.7 Å². The van der Waals surface area contributed by atoms with Crippen LogP contribution in [-0.2, 0) is 14.8 Å². The molecule has 30 heavy (non-hydrogen) atoms. The van der Waals surface area contributed by atoms with Gasteiger partial charge in [0.05, 0.1) is 22.2 Å². The highest BCUT2D eigenvalue weighted by Crippen LogP contribution is 2.24. The number of amides is 1. The Morgan fingerprint density at radius 2 is 1.97 bits per heavy atom. The van der Waals surface area contributed by atoms with E-state index in [9.17, 15) is 18.0 Å². The van der Waals surface area contributed by atoms with Crippen LogP contribution in [0.3, 0.4) is 0 Å². The first-order valence-corrected chi connectivity index (χ1v) is 11.1. The topological polar surface area (TPSA) is 133 Å². The first kappa shape index (κ1) is 20.6. The van der Waals surface area contributed by atoms with Crippen LogP contribution < -0.4 is 15.7 Å². The molecule has 1 amide bonds. The van der Waals surface area contributed by atoms with E-state index in [1.165, 1.54) is 18.2 Å². The maximum atomic E-state index is 12.7. The van der Waals surface area contributed by atoms with Gasteiger partial charge in [-0.05, 0) is 49.2 Å². The van der Waals surface area contributed by atoms with E-state index in [0.29, 0.717) is 23.3 Å². The predicted octanol–water partition coefficient (Wildman–Crippen LogP) is 2.22. The molecular weight excluding hydrogens is 432 g/mol. The van der Waals surface area contributed by atoms with Crippen molar-refractivity contribution in [1.29, 1.82) is 0 Å². The Morgan fingerprint density at radius 3 is 2.73 bits per heavy atom. The second-order valence-electron chi connectivity index (χ2n) is 6.93. The van der Waals surface area contributed by atoms with Crippen molar-refractivity contribution in [2.45, 2.75) is 23.8 Å². The zero-order valence-electron chi connectivity index (χ0n) is 15.7. The fraction of sp³-hybridized carbons (Fsp3) is 0.263. The molecule has 1 fully saturated rings. The van der Waals surface area contributed by atoms with E-state index < -0.39 is 15.9 Å². The standard InChI is InChI=1S/C19H19ClN4O5S/c20-14-5-3-11(8-17(14)30(27,28)21-10-13-2-1-7-29-13)18(25)22-12-4-6-15-16(9-12)24-19(26)23-15/h3-6,8-9,13,21H,1-2,7,10H2,(H,22,25)(H2,23,24,26)/t13-/m1/s1. The van der Waals surface area contributed by atoms with Crippen molar-refractivity contribution < 1.29 is 17.9 Å². The molecule has 0 saturated carbocycles. The van der Waals surface area contributed by atoms with Crippen molar-refractivity contribution >= 4 is 44.3 Å². The number of aromatic amines is 2. The molecule has 1 atom stereocenters. The van der Waals surface area contributed by atoms with Crippen LogP contribution in [0.2, 0.25) is 5.02 Å². The van der Waals surface area contributed by atoms with E-state index in [2.05, 4.69) is 20.0 Å². The van der Waals surface area contributed by atoms with Crippen molar-refractivity contribution in [2.24, 2.45) is 0 Å². The van der Waals surface area contributed by atoms with Gasteiger partial charge in [-0.1, -0.05) is 11.6 Å². The lowest BCUT2D eigenvalue weighted by Crippen LogP contribution is -2.32. The number of ether oxygens (including phenoxy) is 1. The number of hydrogen-bond donors (Lipinski definition) is 4. The SMILES string of the molecule is O=C(Nc1ccc2[nH]c(=O)[nH]c2c1)c1ccc(Cl)c(S(=O)(=O)NC[C@H]2CCCO2)c1. The van der Waals surface area contributed by atoms with Crippen LogP contribution in [0.1, 0.15) is 23.2 Å². The van der Waals surface area contributed by atoms with E-state index in [1.54, 1.807) is 18.2 Å². The number of fused-ring (bicyclic) bond motifs is 1. The maximum absolute atomic E-state index is 12.7. The molecule has 3 aromatic rings. The van der Waals surface area contributed by atoms with Crippen molar-refractivity contribution in [3.63, 3.8) is 0 Å². The van der Waals surface area contributed by atoms with Crippen LogP contribution in [0.4, 0.5) is 5.69 Å². The monoisotopic (exact) mass is 450 g/mol. The number of anilines is 1. The molecule has 1 aliphatic rings. The molecule has 2 heterocycles. The van der Waals surface area contributed by atoms with Gasteiger partial charge in [0.1, 0.15) is 4.90 Å². The summed E-state index contributed by atoms with van der Waals surface area (Å²) in [6.07, 6.45) is 1.51. The number of nitrogens with one attached hydrogen (secondary N) is 4. The number of H-pyrrole nitrogens is 2. The molecule has 0 radical (unpaired) electrons. The number of halogens is 1. The molecule has 0 unspecified atom stereocenters. The van der Waals surface area contributed by atoms with E-state index >= 15 is 0 Å². The Balaban J connectivity index is 1.53. The molecule has 4 rings (SSSR count). The average molecular weight is 451 g/mol. The number of sulfonamides is 1. The lowest BCUT2D eigenvalue weighted by molar-refractivity contribution is 0.102. The highest BCUT2D eigenvalue weighted by atomic mass is 35.5. The van der Waals surface area contributed by atoms with Gasteiger partial charge in [-0.15, -0.1) is 0 Å². The van der Waals surface area contributed by atoms with Crippen LogP contribution >= 0.6 is 11.6 Å². The zero-order chi connectivity index (χ0) is 21.3. The van der Waals surface area contributed by atoms with Gasteiger partial charge in [0.25, 0.3) is 5.91 Å². The molecule has 11 heteroatoms. The Bertz CT molecular complexity index is 1260. The van der Waals surface area contributed by atoms with Gasteiger partial charge in [0, 0.05) is 24.4 Å². The summed E-state index contributed by atoms with van der Waals surface area (Å²) in [4.78, 5) is 29.0. The van der Waals surface area contributed by atoms with E-state index in [-0.39, 0.29) is 33.8 Å². The lowest BCUT2D eigenvalue weighted by Gasteiger charge is -2.13. The largest absolute Gasteiger partial charge is 0.377 e. The maximum Gasteiger partial charge on any atom is 0.323 e. The quantitative estimate of drug-likeness (QED) is 0.457. The highest BCUT2D eigenvalue weighted by Gasteiger charge is 2.23. The number of rotatable bonds is 6. The highest BCUT2D eigenvalue weighted by molar-refractivity contribution is 7.89. The van der Waals surface area contributed by atoms with Crippen LogP contribution in [0.5, 0.6) is 0 Å². The molecule has 0 aliphatic carbocycles. The molecule has 158 valence electrons. The summed E-state index contributed by atoms with van der Waals surface area (Å²) in [6, 6.07) is 8.90. The summed E-state index contributed by atoms with van der Waals surface area (Å²) in [5.41, 5.74) is 1.36. The summed E-state index contributed by atoms with van der Waals surface area (Å²) in [5.74, 6) is -0.514. The fourth-order valence-electron chi connectivity index (χ4n) is 3.25. The van der Waals surface area contributed by atoms with Crippen molar-refractivity contribution in [3.05, 3.63) is 57.5 Å². The van der Waals surface area contributed by atoms with Crippen LogP contribution in [0.15, 0.2) is 46.1 Å². The van der Waals surface area contributed by atoms with Gasteiger partial charge < -0.3 is 20.0 Å². The molecule has 0 bridgehead atoms. The third-order valence-corrected chi connectivity index (χ3v) is 6.69. The van der Waals surface area contributed by atoms with Crippen molar-refractivity contribution in [2.75, 3.05) is 18.5 Å². The Morgan fingerprint density at radius 1 is 1.17 bits per heavy atom. The van der Waals surface area contributed by atoms with Crippen LogP contribution in [0.25, 0.3) is 11.0 Å². The van der Waals surface area contributed by atoms with Gasteiger partial charge in [0.15, 0.2) is 0 Å². The zero-order valence-corrected chi connectivity index (χ0v) is 17.3. The average Bonchev–Trinajstić information content (AvgIpc) is 3.35. The minimum Gasteiger partial charge on any atom is -0.377 e. The number of benzene rings is 2. The number of hydrogen-bond acceptors (Lipinski definition) is 5. The predicted molar refractivity (Wildman–Crippen MR) is 112 cm³/mol. The lowest BCUT2D eigenvalue weighted by atomic mass is 10.2. The number of imidazole rings is 1. The molecule has 4 N–H and O–H groups in total. The first-order valence-electron chi connectivity index (χ1n) is 9.26. The molecule has 1 aliphatic heterocycles. The first-order chi connectivity index (χ1) is 14.3. The number of aromatic nitrogens is 2.